The molecule has 2 aromatic heterocycles. The van der Waals surface area contributed by atoms with Gasteiger partial charge in [-0.15, -0.1) is 0 Å². The summed E-state index contributed by atoms with van der Waals surface area (Å²) >= 11 is 0. The summed E-state index contributed by atoms with van der Waals surface area (Å²) in [7, 11) is 3.46. The van der Waals surface area contributed by atoms with E-state index in [2.05, 4.69) is 16.5 Å². The van der Waals surface area contributed by atoms with Gasteiger partial charge in [0.25, 0.3) is 0 Å². The number of rotatable bonds is 3. The third-order valence-electron chi connectivity index (χ3n) is 4.02. The molecule has 0 bridgehead atoms. The number of ether oxygens (including phenoxy) is 1. The summed E-state index contributed by atoms with van der Waals surface area (Å²) < 4.78 is 13.1. The predicted molar refractivity (Wildman–Crippen MR) is 90.0 cm³/mol. The molecule has 1 aliphatic rings. The molecule has 4 rings (SSSR count). The van der Waals surface area contributed by atoms with Gasteiger partial charge in [-0.3, -0.25) is 9.47 Å². The number of nitrogens with zero attached hydrogens (tertiary/aromatic N) is 4. The lowest BCUT2D eigenvalue weighted by Gasteiger charge is -2.19. The molecular formula is C17H15N5O2. The molecule has 120 valence electrons. The maximum absolute atomic E-state index is 9.09. The first kappa shape index (κ1) is 14.2. The third-order valence-corrected chi connectivity index (χ3v) is 4.02. The van der Waals surface area contributed by atoms with Crippen LogP contribution in [0.4, 0.5) is 5.82 Å². The van der Waals surface area contributed by atoms with Crippen LogP contribution in [0.2, 0.25) is 0 Å². The Morgan fingerprint density at radius 3 is 3.00 bits per heavy atom. The minimum atomic E-state index is 0.416. The molecule has 7 heteroatoms. The summed E-state index contributed by atoms with van der Waals surface area (Å²) in [4.78, 5) is 6.18. The molecule has 0 aliphatic carbocycles. The van der Waals surface area contributed by atoms with Crippen LogP contribution in [0.1, 0.15) is 5.82 Å². The molecule has 1 aromatic carbocycles. The van der Waals surface area contributed by atoms with Gasteiger partial charge in [-0.2, -0.15) is 5.26 Å². The van der Waals surface area contributed by atoms with E-state index in [-0.39, 0.29) is 0 Å². The van der Waals surface area contributed by atoms with Crippen LogP contribution in [0.3, 0.4) is 0 Å². The van der Waals surface area contributed by atoms with Crippen molar-refractivity contribution in [1.82, 2.24) is 14.5 Å². The summed E-state index contributed by atoms with van der Waals surface area (Å²) in [6.45, 7) is 0.416. The predicted octanol–water partition coefficient (Wildman–Crippen LogP) is 3.07. The van der Waals surface area contributed by atoms with E-state index < -0.39 is 0 Å². The van der Waals surface area contributed by atoms with Gasteiger partial charge in [0.2, 0.25) is 0 Å². The maximum Gasteiger partial charge on any atom is 0.185 e. The molecule has 1 N–H and O–H groups in total. The molecule has 3 aromatic rings. The highest BCUT2D eigenvalue weighted by Crippen LogP contribution is 2.35. The molecule has 1 aliphatic heterocycles. The fourth-order valence-electron chi connectivity index (χ4n) is 2.85. The number of aromatic nitrogens is 2. The minimum Gasteiger partial charge on any atom is -0.497 e. The van der Waals surface area contributed by atoms with E-state index in [4.69, 9.17) is 14.4 Å². The molecule has 7 nitrogen and oxygen atoms in total. The molecule has 0 fully saturated rings. The van der Waals surface area contributed by atoms with Crippen LogP contribution in [0.25, 0.3) is 28.5 Å². The van der Waals surface area contributed by atoms with Crippen LogP contribution >= 0.6 is 0 Å². The molecule has 0 atom stereocenters. The number of nitrogens with one attached hydrogen (secondary N) is 1. The lowest BCUT2D eigenvalue weighted by atomic mass is 10.2. The molecular weight excluding hydrogens is 306 g/mol. The number of imidazole rings is 1. The Balaban J connectivity index is 1.84. The first-order valence-electron chi connectivity index (χ1n) is 7.44. The molecule has 0 spiro atoms. The van der Waals surface area contributed by atoms with Crippen molar-refractivity contribution in [3.05, 3.63) is 36.3 Å². The normalized spacial score (nSPS) is 13.0. The van der Waals surface area contributed by atoms with Gasteiger partial charge in [0.15, 0.2) is 12.0 Å². The smallest absolute Gasteiger partial charge is 0.185 e. The Kier molecular flexibility index (Phi) is 3.17. The third kappa shape index (κ3) is 2.08. The zero-order chi connectivity index (χ0) is 16.7. The van der Waals surface area contributed by atoms with Crippen molar-refractivity contribution in [1.29, 1.82) is 5.26 Å². The van der Waals surface area contributed by atoms with Crippen molar-refractivity contribution < 1.29 is 9.15 Å². The van der Waals surface area contributed by atoms with Gasteiger partial charge in [0.05, 0.1) is 7.11 Å². The van der Waals surface area contributed by atoms with Gasteiger partial charge in [-0.05, 0) is 30.3 Å². The van der Waals surface area contributed by atoms with Gasteiger partial charge in [0.1, 0.15) is 35.3 Å². The number of furan rings is 1. The number of hydrogen-bond donors (Lipinski definition) is 1. The molecule has 0 radical (unpaired) electrons. The zero-order valence-corrected chi connectivity index (χ0v) is 13.3. The van der Waals surface area contributed by atoms with Crippen LogP contribution < -0.4 is 10.1 Å². The summed E-state index contributed by atoms with van der Waals surface area (Å²) in [5, 5.41) is 13.2. The van der Waals surface area contributed by atoms with Crippen LogP contribution in [-0.2, 0) is 6.67 Å². The molecule has 0 saturated heterocycles. The SMILES string of the molecule is CNc1c(-c2cc3cc(OC)ccc3o2)nc2n1CN(C#N)C=C2. The standard InChI is InChI=1S/C17H15N5O2/c1-19-17-16(20-15-5-6-21(9-18)10-22(15)17)14-8-11-7-12(23-2)3-4-13(11)24-14/h3-8,19H,10H2,1-2H3. The van der Waals surface area contributed by atoms with Crippen molar-refractivity contribution >= 4 is 22.9 Å². The Labute approximate surface area is 138 Å². The summed E-state index contributed by atoms with van der Waals surface area (Å²) in [6, 6.07) is 7.61. The van der Waals surface area contributed by atoms with Crippen molar-refractivity contribution in [2.45, 2.75) is 6.67 Å². The molecule has 0 amide bonds. The van der Waals surface area contributed by atoms with Crippen molar-refractivity contribution in [2.24, 2.45) is 0 Å². The maximum atomic E-state index is 9.09. The number of nitriles is 1. The fourth-order valence-corrected chi connectivity index (χ4v) is 2.85. The molecule has 24 heavy (non-hydrogen) atoms. The number of methoxy groups -OCH3 is 1. The Bertz CT molecular complexity index is 992. The summed E-state index contributed by atoms with van der Waals surface area (Å²) in [6.07, 6.45) is 5.64. The highest BCUT2D eigenvalue weighted by Gasteiger charge is 2.22. The van der Waals surface area contributed by atoms with Gasteiger partial charge in [0, 0.05) is 18.6 Å². The average Bonchev–Trinajstić information content (AvgIpc) is 3.20. The molecule has 3 heterocycles. The number of benzene rings is 1. The highest BCUT2D eigenvalue weighted by atomic mass is 16.5. The van der Waals surface area contributed by atoms with E-state index in [9.17, 15) is 0 Å². The van der Waals surface area contributed by atoms with E-state index in [1.165, 1.54) is 4.90 Å². The Morgan fingerprint density at radius 1 is 1.38 bits per heavy atom. The second-order valence-corrected chi connectivity index (χ2v) is 5.39. The Hall–Kier alpha value is -3.40. The van der Waals surface area contributed by atoms with E-state index in [0.29, 0.717) is 18.1 Å². The van der Waals surface area contributed by atoms with Crippen molar-refractivity contribution in [3.63, 3.8) is 0 Å². The van der Waals surface area contributed by atoms with E-state index in [1.54, 1.807) is 13.3 Å². The molecule has 0 saturated carbocycles. The van der Waals surface area contributed by atoms with Crippen LogP contribution in [0.5, 0.6) is 5.75 Å². The highest BCUT2D eigenvalue weighted by molar-refractivity contribution is 5.85. The van der Waals surface area contributed by atoms with Crippen molar-refractivity contribution in [3.8, 4) is 23.4 Å². The second-order valence-electron chi connectivity index (χ2n) is 5.39. The van der Waals surface area contributed by atoms with Gasteiger partial charge < -0.3 is 14.5 Å². The van der Waals surface area contributed by atoms with Crippen LogP contribution in [-0.4, -0.2) is 28.6 Å². The first-order valence-corrected chi connectivity index (χ1v) is 7.44. The topological polar surface area (TPSA) is 79.2 Å². The Morgan fingerprint density at radius 2 is 2.25 bits per heavy atom. The minimum absolute atomic E-state index is 0.416. The van der Waals surface area contributed by atoms with E-state index in [0.717, 1.165) is 28.4 Å². The number of fused-ring (bicyclic) bond motifs is 2. The second kappa shape index (κ2) is 5.35. The molecule has 0 unspecified atom stereocenters. The lowest BCUT2D eigenvalue weighted by Crippen LogP contribution is -2.21. The van der Waals surface area contributed by atoms with Gasteiger partial charge in [-0.25, -0.2) is 4.98 Å². The number of anilines is 1. The summed E-state index contributed by atoms with van der Waals surface area (Å²) in [5.74, 6) is 3.03. The first-order chi connectivity index (χ1) is 11.7. The van der Waals surface area contributed by atoms with E-state index in [1.807, 2.05) is 42.0 Å². The van der Waals surface area contributed by atoms with Gasteiger partial charge >= 0.3 is 0 Å². The fraction of sp³-hybridized carbons (Fsp3) is 0.176. The van der Waals surface area contributed by atoms with E-state index >= 15 is 0 Å². The average molecular weight is 321 g/mol. The lowest BCUT2D eigenvalue weighted by molar-refractivity contribution is 0.409. The van der Waals surface area contributed by atoms with Gasteiger partial charge in [-0.1, -0.05) is 0 Å². The van der Waals surface area contributed by atoms with Crippen LogP contribution in [0.15, 0.2) is 34.9 Å². The zero-order valence-electron chi connectivity index (χ0n) is 13.3. The van der Waals surface area contributed by atoms with Crippen molar-refractivity contribution in [2.75, 3.05) is 19.5 Å². The number of hydrogen-bond acceptors (Lipinski definition) is 6. The largest absolute Gasteiger partial charge is 0.497 e. The van der Waals surface area contributed by atoms with Crippen LogP contribution in [0, 0.1) is 11.5 Å². The quantitative estimate of drug-likeness (QED) is 0.747. The summed E-state index contributed by atoms with van der Waals surface area (Å²) in [5.41, 5.74) is 1.49. The monoisotopic (exact) mass is 321 g/mol.